The van der Waals surface area contributed by atoms with Gasteiger partial charge in [0.2, 0.25) is 10.0 Å². The lowest BCUT2D eigenvalue weighted by Gasteiger charge is -2.10. The zero-order chi connectivity index (χ0) is 12.9. The summed E-state index contributed by atoms with van der Waals surface area (Å²) in [6, 6.07) is 5.84. The van der Waals surface area contributed by atoms with Crippen LogP contribution >= 0.6 is 0 Å². The van der Waals surface area contributed by atoms with Crippen LogP contribution in [0, 0.1) is 0 Å². The molecule has 1 aromatic carbocycles. The first-order valence-corrected chi connectivity index (χ1v) is 7.38. The molecule has 0 heterocycles. The Morgan fingerprint density at radius 2 is 2.00 bits per heavy atom. The first-order valence-electron chi connectivity index (χ1n) is 5.49. The van der Waals surface area contributed by atoms with E-state index < -0.39 is 10.0 Å². The van der Waals surface area contributed by atoms with Gasteiger partial charge in [0, 0.05) is 13.1 Å². The summed E-state index contributed by atoms with van der Waals surface area (Å²) in [5.74, 6) is 0. The van der Waals surface area contributed by atoms with Gasteiger partial charge < -0.3 is 11.1 Å². The molecule has 0 aliphatic heterocycles. The summed E-state index contributed by atoms with van der Waals surface area (Å²) >= 11 is 0. The molecule has 0 spiro atoms. The van der Waals surface area contributed by atoms with Gasteiger partial charge in [-0.1, -0.05) is 13.0 Å². The molecule has 1 rings (SSSR count). The number of nitrogens with one attached hydrogen (secondary N) is 2. The lowest BCUT2D eigenvalue weighted by atomic mass is 10.1. The molecule has 96 valence electrons. The first kappa shape index (κ1) is 13.8. The van der Waals surface area contributed by atoms with Gasteiger partial charge >= 0.3 is 0 Å². The van der Waals surface area contributed by atoms with Crippen molar-refractivity contribution in [3.63, 3.8) is 0 Å². The fraction of sp³-hybridized carbons (Fsp3) is 0.455. The number of hydrogen-bond acceptors (Lipinski definition) is 4. The van der Waals surface area contributed by atoms with Crippen molar-refractivity contribution in [1.29, 1.82) is 0 Å². The quantitative estimate of drug-likeness (QED) is 0.520. The van der Waals surface area contributed by atoms with Crippen molar-refractivity contribution in [3.05, 3.63) is 23.8 Å². The predicted molar refractivity (Wildman–Crippen MR) is 71.6 cm³/mol. The molecule has 5 nitrogen and oxygen atoms in total. The summed E-state index contributed by atoms with van der Waals surface area (Å²) < 4.78 is 24.1. The lowest BCUT2D eigenvalue weighted by Crippen LogP contribution is -2.27. The molecule has 6 heteroatoms. The molecule has 17 heavy (non-hydrogen) atoms. The van der Waals surface area contributed by atoms with E-state index in [9.17, 15) is 8.42 Å². The molecular formula is C11H19N3O2S. The van der Waals surface area contributed by atoms with Gasteiger partial charge in [0.05, 0.1) is 17.6 Å². The van der Waals surface area contributed by atoms with Crippen LogP contribution in [-0.2, 0) is 16.4 Å². The molecule has 0 aromatic heterocycles. The van der Waals surface area contributed by atoms with Gasteiger partial charge in [-0.3, -0.25) is 0 Å². The molecule has 0 unspecified atom stereocenters. The first-order chi connectivity index (χ1) is 7.92. The summed E-state index contributed by atoms with van der Waals surface area (Å²) in [5, 5.41) is 3.08. The highest BCUT2D eigenvalue weighted by Gasteiger charge is 2.01. The van der Waals surface area contributed by atoms with Crippen LogP contribution in [0.2, 0.25) is 0 Å². The van der Waals surface area contributed by atoms with Gasteiger partial charge in [0.1, 0.15) is 0 Å². The molecule has 4 N–H and O–H groups in total. The van der Waals surface area contributed by atoms with Crippen LogP contribution in [-0.4, -0.2) is 27.8 Å². The molecule has 0 saturated carbocycles. The molecule has 0 saturated heterocycles. The number of aryl methyl sites for hydroxylation is 1. The minimum absolute atomic E-state index is 0.341. The van der Waals surface area contributed by atoms with Gasteiger partial charge in [-0.25, -0.2) is 13.1 Å². The second-order valence-corrected chi connectivity index (χ2v) is 5.70. The molecule has 0 atom stereocenters. The van der Waals surface area contributed by atoms with E-state index in [0.29, 0.717) is 18.8 Å². The second-order valence-electron chi connectivity index (χ2n) is 3.87. The monoisotopic (exact) mass is 257 g/mol. The van der Waals surface area contributed by atoms with Crippen LogP contribution in [0.15, 0.2) is 18.2 Å². The summed E-state index contributed by atoms with van der Waals surface area (Å²) in [7, 11) is -3.12. The molecule has 1 aromatic rings. The van der Waals surface area contributed by atoms with Crippen molar-refractivity contribution < 1.29 is 8.42 Å². The minimum atomic E-state index is -3.12. The largest absolute Gasteiger partial charge is 0.397 e. The molecule has 0 bridgehead atoms. The van der Waals surface area contributed by atoms with E-state index in [1.54, 1.807) is 0 Å². The van der Waals surface area contributed by atoms with Crippen LogP contribution in [0.4, 0.5) is 11.4 Å². The number of sulfonamides is 1. The average Bonchev–Trinajstić information content (AvgIpc) is 2.24. The number of nitrogens with two attached hydrogens (primary N) is 1. The van der Waals surface area contributed by atoms with Gasteiger partial charge in [-0.2, -0.15) is 0 Å². The third kappa shape index (κ3) is 5.06. The van der Waals surface area contributed by atoms with Crippen molar-refractivity contribution in [2.75, 3.05) is 30.4 Å². The van der Waals surface area contributed by atoms with E-state index in [1.807, 2.05) is 18.2 Å². The van der Waals surface area contributed by atoms with E-state index in [2.05, 4.69) is 17.0 Å². The van der Waals surface area contributed by atoms with E-state index >= 15 is 0 Å². The van der Waals surface area contributed by atoms with E-state index in [0.717, 1.165) is 18.4 Å². The Hall–Kier alpha value is -1.27. The van der Waals surface area contributed by atoms with Crippen LogP contribution < -0.4 is 15.8 Å². The maximum Gasteiger partial charge on any atom is 0.208 e. The Bertz CT molecular complexity index is 472. The Balaban J connectivity index is 2.47. The Morgan fingerprint density at radius 1 is 1.29 bits per heavy atom. The van der Waals surface area contributed by atoms with Gasteiger partial charge in [-0.05, 0) is 24.1 Å². The minimum Gasteiger partial charge on any atom is -0.397 e. The maximum atomic E-state index is 10.8. The van der Waals surface area contributed by atoms with E-state index in [1.165, 1.54) is 5.56 Å². The number of anilines is 2. The fourth-order valence-electron chi connectivity index (χ4n) is 1.43. The summed E-state index contributed by atoms with van der Waals surface area (Å²) in [4.78, 5) is 0. The molecule has 0 aliphatic carbocycles. The maximum absolute atomic E-state index is 10.8. The van der Waals surface area contributed by atoms with Crippen molar-refractivity contribution >= 4 is 21.4 Å². The molecule has 0 fully saturated rings. The standard InChI is InChI=1S/C11H19N3O2S/c1-3-9-4-5-11(10(12)8-9)13-6-7-14-17(2,15)16/h4-5,8,13-14H,3,6-7,12H2,1-2H3. The van der Waals surface area contributed by atoms with Crippen molar-refractivity contribution in [3.8, 4) is 0 Å². The third-order valence-corrected chi connectivity index (χ3v) is 3.06. The van der Waals surface area contributed by atoms with Gasteiger partial charge in [0.25, 0.3) is 0 Å². The lowest BCUT2D eigenvalue weighted by molar-refractivity contribution is 0.589. The van der Waals surface area contributed by atoms with E-state index in [-0.39, 0.29) is 0 Å². The van der Waals surface area contributed by atoms with Crippen LogP contribution in [0.5, 0.6) is 0 Å². The van der Waals surface area contributed by atoms with Crippen molar-refractivity contribution in [1.82, 2.24) is 4.72 Å². The zero-order valence-electron chi connectivity index (χ0n) is 10.2. The number of rotatable bonds is 6. The van der Waals surface area contributed by atoms with Gasteiger partial charge in [0.15, 0.2) is 0 Å². The highest BCUT2D eigenvalue weighted by molar-refractivity contribution is 7.88. The van der Waals surface area contributed by atoms with Crippen molar-refractivity contribution in [2.24, 2.45) is 0 Å². The fourth-order valence-corrected chi connectivity index (χ4v) is 1.90. The van der Waals surface area contributed by atoms with Crippen LogP contribution in [0.25, 0.3) is 0 Å². The summed E-state index contributed by atoms with van der Waals surface area (Å²) in [5.41, 5.74) is 8.56. The predicted octanol–water partition coefficient (Wildman–Crippen LogP) is 0.792. The zero-order valence-corrected chi connectivity index (χ0v) is 11.0. The number of nitrogen functional groups attached to an aromatic ring is 1. The highest BCUT2D eigenvalue weighted by atomic mass is 32.2. The van der Waals surface area contributed by atoms with Crippen molar-refractivity contribution in [2.45, 2.75) is 13.3 Å². The number of hydrogen-bond donors (Lipinski definition) is 3. The molecule has 0 radical (unpaired) electrons. The van der Waals surface area contributed by atoms with Crippen LogP contribution in [0.1, 0.15) is 12.5 Å². The van der Waals surface area contributed by atoms with Crippen LogP contribution in [0.3, 0.4) is 0 Å². The summed E-state index contributed by atoms with van der Waals surface area (Å²) in [6.45, 7) is 2.91. The molecule has 0 aliphatic rings. The average molecular weight is 257 g/mol. The topological polar surface area (TPSA) is 84.2 Å². The highest BCUT2D eigenvalue weighted by Crippen LogP contribution is 2.19. The second kappa shape index (κ2) is 5.88. The Morgan fingerprint density at radius 3 is 2.53 bits per heavy atom. The molecular weight excluding hydrogens is 238 g/mol. The Labute approximate surface area is 102 Å². The van der Waals surface area contributed by atoms with E-state index in [4.69, 9.17) is 5.73 Å². The SMILES string of the molecule is CCc1ccc(NCCNS(C)(=O)=O)c(N)c1. The number of benzene rings is 1. The molecule has 0 amide bonds. The smallest absolute Gasteiger partial charge is 0.208 e. The Kier molecular flexibility index (Phi) is 4.77. The normalized spacial score (nSPS) is 11.4. The van der Waals surface area contributed by atoms with Gasteiger partial charge in [-0.15, -0.1) is 0 Å². The third-order valence-electron chi connectivity index (χ3n) is 2.33. The summed E-state index contributed by atoms with van der Waals surface area (Å²) in [6.07, 6.45) is 2.08.